The van der Waals surface area contributed by atoms with Crippen LogP contribution in [0.4, 0.5) is 0 Å². The summed E-state index contributed by atoms with van der Waals surface area (Å²) in [6, 6.07) is 18.6. The van der Waals surface area contributed by atoms with Crippen molar-refractivity contribution in [1.82, 2.24) is 0 Å². The number of hydrogen-bond acceptors (Lipinski definition) is 1. The van der Waals surface area contributed by atoms with Crippen molar-refractivity contribution in [2.24, 2.45) is 0 Å². The zero-order chi connectivity index (χ0) is 14.4. The second-order valence-electron chi connectivity index (χ2n) is 5.15. The molecule has 0 fully saturated rings. The molecule has 0 spiro atoms. The number of carboxylic acid groups (broad SMARTS) is 1. The van der Waals surface area contributed by atoms with Gasteiger partial charge in [0.1, 0.15) is 0 Å². The van der Waals surface area contributed by atoms with Crippen molar-refractivity contribution < 1.29 is 9.90 Å². The van der Waals surface area contributed by atoms with Gasteiger partial charge in [-0.1, -0.05) is 54.6 Å². The van der Waals surface area contributed by atoms with E-state index in [2.05, 4.69) is 36.4 Å². The normalized spacial score (nSPS) is 12.0. The first-order valence-corrected chi connectivity index (χ1v) is 6.82. The number of benzene rings is 3. The lowest BCUT2D eigenvalue weighted by Crippen LogP contribution is -1.87. The van der Waals surface area contributed by atoms with Crippen LogP contribution in [0.25, 0.3) is 39.1 Å². The molecule has 3 aromatic carbocycles. The van der Waals surface area contributed by atoms with Crippen LogP contribution in [-0.4, -0.2) is 11.1 Å². The highest BCUT2D eigenvalue weighted by Crippen LogP contribution is 2.48. The molecular formula is C19H12O2. The molecule has 0 aliphatic heterocycles. The van der Waals surface area contributed by atoms with Crippen molar-refractivity contribution in [2.75, 3.05) is 0 Å². The van der Waals surface area contributed by atoms with Crippen molar-refractivity contribution in [3.05, 3.63) is 66.2 Å². The number of carbonyl (C=O) groups is 1. The lowest BCUT2D eigenvalue weighted by Gasteiger charge is -2.06. The molecule has 0 saturated carbocycles. The molecule has 1 aliphatic rings. The van der Waals surface area contributed by atoms with Gasteiger partial charge in [0.15, 0.2) is 0 Å². The molecule has 0 saturated heterocycles. The fourth-order valence-corrected chi connectivity index (χ4v) is 3.15. The highest BCUT2D eigenvalue weighted by molar-refractivity contribution is 6.17. The average molecular weight is 272 g/mol. The van der Waals surface area contributed by atoms with Gasteiger partial charge >= 0.3 is 5.97 Å². The highest BCUT2D eigenvalue weighted by atomic mass is 16.4. The summed E-state index contributed by atoms with van der Waals surface area (Å²) in [6.45, 7) is 0. The largest absolute Gasteiger partial charge is 0.478 e. The highest BCUT2D eigenvalue weighted by Gasteiger charge is 2.22. The van der Waals surface area contributed by atoms with Crippen LogP contribution in [0.1, 0.15) is 5.56 Å². The second kappa shape index (κ2) is 4.32. The quantitative estimate of drug-likeness (QED) is 0.542. The average Bonchev–Trinajstić information content (AvgIpc) is 2.84. The molecule has 4 rings (SSSR count). The summed E-state index contributed by atoms with van der Waals surface area (Å²) < 4.78 is 0. The van der Waals surface area contributed by atoms with Gasteiger partial charge in [0.25, 0.3) is 0 Å². The Morgan fingerprint density at radius 3 is 2.43 bits per heavy atom. The van der Waals surface area contributed by atoms with Gasteiger partial charge < -0.3 is 5.11 Å². The minimum atomic E-state index is -0.929. The maximum Gasteiger partial charge on any atom is 0.328 e. The third kappa shape index (κ3) is 1.69. The number of rotatable bonds is 2. The zero-order valence-electron chi connectivity index (χ0n) is 11.2. The topological polar surface area (TPSA) is 37.3 Å². The summed E-state index contributed by atoms with van der Waals surface area (Å²) in [5.41, 5.74) is 5.70. The Bertz CT molecular complexity index is 920. The smallest absolute Gasteiger partial charge is 0.328 e. The first kappa shape index (κ1) is 11.9. The minimum Gasteiger partial charge on any atom is -0.478 e. The van der Waals surface area contributed by atoms with Gasteiger partial charge in [-0.3, -0.25) is 0 Å². The van der Waals surface area contributed by atoms with E-state index in [0.29, 0.717) is 0 Å². The Labute approximate surface area is 122 Å². The fourth-order valence-electron chi connectivity index (χ4n) is 3.15. The van der Waals surface area contributed by atoms with Gasteiger partial charge in [-0.2, -0.15) is 0 Å². The van der Waals surface area contributed by atoms with E-state index in [-0.39, 0.29) is 0 Å². The van der Waals surface area contributed by atoms with E-state index in [1.165, 1.54) is 33.5 Å². The molecule has 1 N–H and O–H groups in total. The first-order chi connectivity index (χ1) is 10.3. The van der Waals surface area contributed by atoms with Gasteiger partial charge in [-0.05, 0) is 44.7 Å². The molecule has 1 aliphatic carbocycles. The van der Waals surface area contributed by atoms with Crippen molar-refractivity contribution >= 4 is 22.8 Å². The van der Waals surface area contributed by atoms with Gasteiger partial charge in [-0.15, -0.1) is 0 Å². The Morgan fingerprint density at radius 1 is 0.857 bits per heavy atom. The number of carboxylic acids is 1. The maximum absolute atomic E-state index is 10.8. The van der Waals surface area contributed by atoms with Crippen LogP contribution in [-0.2, 0) is 4.79 Å². The van der Waals surface area contributed by atoms with Crippen molar-refractivity contribution in [2.45, 2.75) is 0 Å². The molecular weight excluding hydrogens is 260 g/mol. The first-order valence-electron chi connectivity index (χ1n) is 6.82. The Morgan fingerprint density at radius 2 is 1.62 bits per heavy atom. The molecule has 2 heteroatoms. The van der Waals surface area contributed by atoms with Gasteiger partial charge in [0.05, 0.1) is 0 Å². The molecule has 0 aromatic heterocycles. The third-order valence-electron chi connectivity index (χ3n) is 3.97. The molecule has 0 amide bonds. The van der Waals surface area contributed by atoms with E-state index in [1.54, 1.807) is 6.08 Å². The van der Waals surface area contributed by atoms with E-state index >= 15 is 0 Å². The molecule has 0 heterocycles. The van der Waals surface area contributed by atoms with Crippen LogP contribution < -0.4 is 0 Å². The summed E-state index contributed by atoms with van der Waals surface area (Å²) in [7, 11) is 0. The molecule has 0 atom stereocenters. The Balaban J connectivity index is 2.11. The summed E-state index contributed by atoms with van der Waals surface area (Å²) in [5.74, 6) is -0.929. The molecule has 0 unspecified atom stereocenters. The van der Waals surface area contributed by atoms with E-state index < -0.39 is 5.97 Å². The van der Waals surface area contributed by atoms with Crippen molar-refractivity contribution in [3.8, 4) is 22.3 Å². The molecule has 0 bridgehead atoms. The summed E-state index contributed by atoms with van der Waals surface area (Å²) in [5, 5.41) is 11.3. The predicted octanol–water partition coefficient (Wildman–Crippen LogP) is 4.59. The summed E-state index contributed by atoms with van der Waals surface area (Å²) in [6.07, 6.45) is 2.87. The number of hydrogen-bond donors (Lipinski definition) is 1. The van der Waals surface area contributed by atoms with Crippen LogP contribution in [0.3, 0.4) is 0 Å². The lowest BCUT2D eigenvalue weighted by atomic mass is 9.97. The second-order valence-corrected chi connectivity index (χ2v) is 5.15. The van der Waals surface area contributed by atoms with E-state index in [0.717, 1.165) is 11.1 Å². The molecule has 100 valence electrons. The lowest BCUT2D eigenvalue weighted by molar-refractivity contribution is -0.131. The zero-order valence-corrected chi connectivity index (χ0v) is 11.2. The number of aliphatic carboxylic acids is 1. The van der Waals surface area contributed by atoms with Crippen LogP contribution in [0.5, 0.6) is 0 Å². The maximum atomic E-state index is 10.8. The van der Waals surface area contributed by atoms with Crippen LogP contribution in [0, 0.1) is 0 Å². The van der Waals surface area contributed by atoms with Crippen molar-refractivity contribution in [3.63, 3.8) is 0 Å². The predicted molar refractivity (Wildman–Crippen MR) is 85.0 cm³/mol. The van der Waals surface area contributed by atoms with Gasteiger partial charge in [0, 0.05) is 6.08 Å². The van der Waals surface area contributed by atoms with Gasteiger partial charge in [-0.25, -0.2) is 4.79 Å². The fraction of sp³-hybridized carbons (Fsp3) is 0. The van der Waals surface area contributed by atoms with E-state index in [1.807, 2.05) is 18.2 Å². The standard InChI is InChI=1S/C19H12O2/c20-17(21)11-10-13-9-8-12-4-3-7-16-14-5-1-2-6-15(14)19(13)18(12)16/h1-11H,(H,20,21). The van der Waals surface area contributed by atoms with Gasteiger partial charge in [0.2, 0.25) is 0 Å². The minimum absolute atomic E-state index is 0.929. The van der Waals surface area contributed by atoms with E-state index in [4.69, 9.17) is 5.11 Å². The Kier molecular flexibility index (Phi) is 2.45. The molecule has 3 aromatic rings. The van der Waals surface area contributed by atoms with E-state index in [9.17, 15) is 4.79 Å². The molecule has 21 heavy (non-hydrogen) atoms. The summed E-state index contributed by atoms with van der Waals surface area (Å²) >= 11 is 0. The SMILES string of the molecule is O=C(O)C=Cc1ccc2cccc3c2c1-c1ccccc1-3. The monoisotopic (exact) mass is 272 g/mol. The van der Waals surface area contributed by atoms with Crippen LogP contribution in [0.15, 0.2) is 60.7 Å². The van der Waals surface area contributed by atoms with Crippen LogP contribution in [0.2, 0.25) is 0 Å². The molecule has 0 radical (unpaired) electrons. The van der Waals surface area contributed by atoms with Crippen LogP contribution >= 0.6 is 0 Å². The summed E-state index contributed by atoms with van der Waals surface area (Å²) in [4.78, 5) is 10.8. The Hall–Kier alpha value is -2.87. The third-order valence-corrected chi connectivity index (χ3v) is 3.97. The number of fused-ring (bicyclic) bond motifs is 3. The molecule has 2 nitrogen and oxygen atoms in total. The van der Waals surface area contributed by atoms with Crippen molar-refractivity contribution in [1.29, 1.82) is 0 Å².